The number of nitrogens with one attached hydrogen (secondary N) is 1. The largest absolute Gasteiger partial charge is 0.368 e. The van der Waals surface area contributed by atoms with E-state index in [1.54, 1.807) is 11.2 Å². The molecule has 3 N–H and O–H groups in total. The van der Waals surface area contributed by atoms with Gasteiger partial charge >= 0.3 is 0 Å². The minimum atomic E-state index is 0.258. The summed E-state index contributed by atoms with van der Waals surface area (Å²) in [6, 6.07) is 0. The topological polar surface area (TPSA) is 114 Å². The summed E-state index contributed by atoms with van der Waals surface area (Å²) in [5.41, 5.74) is 7.06. The van der Waals surface area contributed by atoms with E-state index in [9.17, 15) is 0 Å². The number of nitrogens with zero attached hydrogens (tertiary/aromatic N) is 7. The van der Waals surface area contributed by atoms with Crippen LogP contribution < -0.4 is 10.6 Å². The van der Waals surface area contributed by atoms with E-state index in [2.05, 4.69) is 30.0 Å². The first-order valence-electron chi connectivity index (χ1n) is 5.21. The molecule has 0 aliphatic rings. The van der Waals surface area contributed by atoms with Crippen molar-refractivity contribution >= 4 is 23.1 Å². The number of hydrogen-bond acceptors (Lipinski definition) is 7. The number of rotatable bonds is 2. The van der Waals surface area contributed by atoms with Gasteiger partial charge in [0, 0.05) is 14.1 Å². The quantitative estimate of drug-likeness (QED) is 0.630. The molecular weight excluding hydrogens is 234 g/mol. The van der Waals surface area contributed by atoms with Crippen LogP contribution in [0.25, 0.3) is 17.0 Å². The molecule has 0 radical (unpaired) electrons. The van der Waals surface area contributed by atoms with Crippen molar-refractivity contribution in [2.45, 2.75) is 0 Å². The highest BCUT2D eigenvalue weighted by atomic mass is 15.5. The van der Waals surface area contributed by atoms with Gasteiger partial charge in [-0.3, -0.25) is 0 Å². The lowest BCUT2D eigenvalue weighted by atomic mass is 10.5. The van der Waals surface area contributed by atoms with Gasteiger partial charge in [-0.05, 0) is 0 Å². The zero-order valence-corrected chi connectivity index (χ0v) is 9.86. The van der Waals surface area contributed by atoms with Gasteiger partial charge in [0.25, 0.3) is 0 Å². The van der Waals surface area contributed by atoms with Gasteiger partial charge < -0.3 is 15.6 Å². The normalized spacial score (nSPS) is 11.0. The second-order valence-electron chi connectivity index (χ2n) is 3.87. The van der Waals surface area contributed by atoms with Crippen molar-refractivity contribution in [3.05, 3.63) is 12.7 Å². The van der Waals surface area contributed by atoms with Crippen molar-refractivity contribution in [1.82, 2.24) is 34.7 Å². The fourth-order valence-electron chi connectivity index (χ4n) is 1.57. The number of aromatic amines is 1. The number of aromatic nitrogens is 7. The second-order valence-corrected chi connectivity index (χ2v) is 3.87. The number of nitrogens with two attached hydrogens (primary N) is 1. The van der Waals surface area contributed by atoms with Crippen LogP contribution in [0, 0.1) is 0 Å². The molecule has 3 aromatic rings. The SMILES string of the molecule is CN(C)c1nc(N)n(-c2ncnc3nc[nH]c23)n1. The molecule has 3 heterocycles. The zero-order chi connectivity index (χ0) is 12.7. The van der Waals surface area contributed by atoms with Crippen LogP contribution in [0.15, 0.2) is 12.7 Å². The molecule has 0 saturated heterocycles. The van der Waals surface area contributed by atoms with E-state index in [1.807, 2.05) is 14.1 Å². The van der Waals surface area contributed by atoms with Gasteiger partial charge in [-0.25, -0.2) is 15.0 Å². The third-order valence-electron chi connectivity index (χ3n) is 2.42. The van der Waals surface area contributed by atoms with Crippen molar-refractivity contribution < 1.29 is 0 Å². The average molecular weight is 245 g/mol. The Morgan fingerprint density at radius 2 is 2.11 bits per heavy atom. The summed E-state index contributed by atoms with van der Waals surface area (Å²) in [4.78, 5) is 21.1. The maximum Gasteiger partial charge on any atom is 0.246 e. The Balaban J connectivity index is 2.23. The van der Waals surface area contributed by atoms with Gasteiger partial charge in [0.05, 0.1) is 6.33 Å². The molecule has 3 rings (SSSR count). The second kappa shape index (κ2) is 3.65. The molecule has 0 aliphatic carbocycles. The Labute approximate surface area is 102 Å². The highest BCUT2D eigenvalue weighted by Crippen LogP contribution is 2.18. The Kier molecular flexibility index (Phi) is 2.12. The van der Waals surface area contributed by atoms with Crippen LogP contribution in [0.2, 0.25) is 0 Å². The van der Waals surface area contributed by atoms with Gasteiger partial charge in [-0.15, -0.1) is 5.10 Å². The fraction of sp³-hybridized carbons (Fsp3) is 0.222. The van der Waals surface area contributed by atoms with Crippen LogP contribution in [0.4, 0.5) is 11.9 Å². The van der Waals surface area contributed by atoms with E-state index in [0.717, 1.165) is 0 Å². The van der Waals surface area contributed by atoms with E-state index in [4.69, 9.17) is 5.73 Å². The van der Waals surface area contributed by atoms with Crippen LogP contribution in [0.5, 0.6) is 0 Å². The standard InChI is InChI=1S/C9H11N9/c1-17(2)9-15-8(10)18(16-9)7-5-6(12-3-11-5)13-4-14-7/h3-4H,1-2H3,(H2,10,15,16)(H,11,12,13,14). The third kappa shape index (κ3) is 1.44. The summed E-state index contributed by atoms with van der Waals surface area (Å²) in [7, 11) is 3.68. The molecule has 0 aliphatic heterocycles. The van der Waals surface area contributed by atoms with E-state index in [-0.39, 0.29) is 5.95 Å². The van der Waals surface area contributed by atoms with Gasteiger partial charge in [-0.1, -0.05) is 0 Å². The van der Waals surface area contributed by atoms with Gasteiger partial charge in [0.2, 0.25) is 11.9 Å². The van der Waals surface area contributed by atoms with Gasteiger partial charge in [-0.2, -0.15) is 9.67 Å². The summed E-state index contributed by atoms with van der Waals surface area (Å²) in [6.45, 7) is 0. The molecule has 9 heteroatoms. The summed E-state index contributed by atoms with van der Waals surface area (Å²) in [6.07, 6.45) is 2.96. The van der Waals surface area contributed by atoms with Crippen LogP contribution in [-0.2, 0) is 0 Å². The van der Waals surface area contributed by atoms with E-state index in [1.165, 1.54) is 11.0 Å². The Morgan fingerprint density at radius 1 is 1.28 bits per heavy atom. The number of imidazole rings is 1. The predicted molar refractivity (Wildman–Crippen MR) is 65.3 cm³/mol. The molecule has 0 unspecified atom stereocenters. The van der Waals surface area contributed by atoms with Gasteiger partial charge in [0.1, 0.15) is 11.8 Å². The molecule has 0 amide bonds. The molecule has 0 spiro atoms. The first kappa shape index (κ1) is 10.4. The summed E-state index contributed by atoms with van der Waals surface area (Å²) in [5.74, 6) is 1.29. The Morgan fingerprint density at radius 3 is 2.83 bits per heavy atom. The van der Waals surface area contributed by atoms with Crippen molar-refractivity contribution in [2.75, 3.05) is 24.7 Å². The lowest BCUT2D eigenvalue weighted by Crippen LogP contribution is -2.11. The lowest BCUT2D eigenvalue weighted by molar-refractivity contribution is 0.847. The molecule has 0 saturated carbocycles. The van der Waals surface area contributed by atoms with Crippen LogP contribution in [0.3, 0.4) is 0 Å². The first-order valence-corrected chi connectivity index (χ1v) is 5.21. The summed E-state index contributed by atoms with van der Waals surface area (Å²) >= 11 is 0. The predicted octanol–water partition coefficient (Wildman–Crippen LogP) is -0.418. The minimum absolute atomic E-state index is 0.258. The number of nitrogen functional groups attached to an aromatic ring is 1. The first-order chi connectivity index (χ1) is 8.66. The molecule has 0 aromatic carbocycles. The Bertz CT molecular complexity index is 695. The van der Waals surface area contributed by atoms with Crippen molar-refractivity contribution in [2.24, 2.45) is 0 Å². The van der Waals surface area contributed by atoms with Crippen LogP contribution >= 0.6 is 0 Å². The highest BCUT2D eigenvalue weighted by molar-refractivity contribution is 5.77. The van der Waals surface area contributed by atoms with Crippen LogP contribution in [-0.4, -0.2) is 48.8 Å². The van der Waals surface area contributed by atoms with Crippen molar-refractivity contribution in [3.8, 4) is 5.82 Å². The molecule has 0 fully saturated rings. The molecular formula is C9H11N9. The third-order valence-corrected chi connectivity index (χ3v) is 2.42. The van der Waals surface area contributed by atoms with E-state index >= 15 is 0 Å². The number of anilines is 2. The van der Waals surface area contributed by atoms with E-state index in [0.29, 0.717) is 22.9 Å². The number of H-pyrrole nitrogens is 1. The molecule has 18 heavy (non-hydrogen) atoms. The number of fused-ring (bicyclic) bond motifs is 1. The lowest BCUT2D eigenvalue weighted by Gasteiger charge is -2.04. The fourth-order valence-corrected chi connectivity index (χ4v) is 1.57. The number of hydrogen-bond donors (Lipinski definition) is 2. The van der Waals surface area contributed by atoms with Crippen LogP contribution in [0.1, 0.15) is 0 Å². The molecule has 92 valence electrons. The maximum atomic E-state index is 5.84. The Hall–Kier alpha value is -2.71. The van der Waals surface area contributed by atoms with Crippen molar-refractivity contribution in [1.29, 1.82) is 0 Å². The summed E-state index contributed by atoms with van der Waals surface area (Å²) in [5, 5.41) is 4.28. The maximum absolute atomic E-state index is 5.84. The highest BCUT2D eigenvalue weighted by Gasteiger charge is 2.15. The molecule has 3 aromatic heterocycles. The smallest absolute Gasteiger partial charge is 0.246 e. The van der Waals surface area contributed by atoms with E-state index < -0.39 is 0 Å². The monoisotopic (exact) mass is 245 g/mol. The summed E-state index contributed by atoms with van der Waals surface area (Å²) < 4.78 is 1.46. The minimum Gasteiger partial charge on any atom is -0.368 e. The van der Waals surface area contributed by atoms with Crippen molar-refractivity contribution in [3.63, 3.8) is 0 Å². The van der Waals surface area contributed by atoms with Gasteiger partial charge in [0.15, 0.2) is 11.5 Å². The molecule has 0 atom stereocenters. The molecule has 0 bridgehead atoms. The average Bonchev–Trinajstić information content (AvgIpc) is 2.94. The molecule has 9 nitrogen and oxygen atoms in total. The zero-order valence-electron chi connectivity index (χ0n) is 9.86.